The number of nitrogens with zero attached hydrogens (tertiary/aromatic N) is 1. The van der Waals surface area contributed by atoms with Crippen LogP contribution in [-0.4, -0.2) is 53.4 Å². The van der Waals surface area contributed by atoms with Crippen molar-refractivity contribution in [1.29, 1.82) is 0 Å². The van der Waals surface area contributed by atoms with E-state index in [9.17, 15) is 9.50 Å². The number of ether oxygens (including phenoxy) is 1. The summed E-state index contributed by atoms with van der Waals surface area (Å²) < 4.78 is 19.4. The Labute approximate surface area is 109 Å². The number of aliphatic hydroxyl groups is 1. The lowest BCUT2D eigenvalue weighted by Crippen LogP contribution is -2.56. The van der Waals surface area contributed by atoms with E-state index in [0.29, 0.717) is 13.0 Å². The summed E-state index contributed by atoms with van der Waals surface area (Å²) in [7, 11) is 0. The molecule has 0 aromatic rings. The number of rotatable bonds is 4. The predicted octanol–water partition coefficient (Wildman–Crippen LogP) is 1.49. The molecule has 4 nitrogen and oxygen atoms in total. The summed E-state index contributed by atoms with van der Waals surface area (Å²) in [5.74, 6) is 0. The lowest BCUT2D eigenvalue weighted by Gasteiger charge is -2.39. The molecule has 18 heavy (non-hydrogen) atoms. The van der Waals surface area contributed by atoms with E-state index < -0.39 is 18.2 Å². The second-order valence-electron chi connectivity index (χ2n) is 6.28. The van der Waals surface area contributed by atoms with Crippen molar-refractivity contribution in [2.45, 2.75) is 71.3 Å². The van der Waals surface area contributed by atoms with Gasteiger partial charge in [0.25, 0.3) is 0 Å². The van der Waals surface area contributed by atoms with Gasteiger partial charge in [-0.3, -0.25) is 4.90 Å². The fraction of sp³-hybridized carbons (Fsp3) is 1.00. The third-order valence-electron chi connectivity index (χ3n) is 2.89. The highest BCUT2D eigenvalue weighted by Crippen LogP contribution is 2.19. The van der Waals surface area contributed by atoms with Crippen LogP contribution in [0.3, 0.4) is 0 Å². The van der Waals surface area contributed by atoms with Crippen molar-refractivity contribution in [3.8, 4) is 0 Å². The van der Waals surface area contributed by atoms with Crippen molar-refractivity contribution in [2.75, 3.05) is 13.1 Å². The van der Waals surface area contributed by atoms with Crippen molar-refractivity contribution < 1.29 is 14.2 Å². The van der Waals surface area contributed by atoms with Crippen LogP contribution >= 0.6 is 0 Å². The molecule has 1 heterocycles. The molecule has 0 saturated carbocycles. The van der Waals surface area contributed by atoms with Crippen LogP contribution in [-0.2, 0) is 4.74 Å². The number of hydrogen-bond donors (Lipinski definition) is 2. The van der Waals surface area contributed by atoms with Gasteiger partial charge in [-0.1, -0.05) is 13.8 Å². The SMILES string of the molecule is CC(C)NC1CCN(C(O)OC(C)(C)C)CC1F. The Morgan fingerprint density at radius 3 is 2.44 bits per heavy atom. The standard InChI is InChI=1S/C13H27FN2O2/c1-9(2)15-11-6-7-16(8-10(11)14)12(17)18-13(3,4)5/h9-12,15,17H,6-8H2,1-5H3. The van der Waals surface area contributed by atoms with E-state index in [4.69, 9.17) is 4.74 Å². The van der Waals surface area contributed by atoms with E-state index in [1.165, 1.54) is 0 Å². The van der Waals surface area contributed by atoms with Gasteiger partial charge in [-0.2, -0.15) is 0 Å². The van der Waals surface area contributed by atoms with Gasteiger partial charge >= 0.3 is 0 Å². The molecule has 0 aromatic heterocycles. The zero-order chi connectivity index (χ0) is 13.9. The first-order valence-electron chi connectivity index (χ1n) is 6.69. The van der Waals surface area contributed by atoms with E-state index in [0.717, 1.165) is 0 Å². The molecule has 0 aliphatic carbocycles. The molecule has 3 unspecified atom stereocenters. The van der Waals surface area contributed by atoms with Gasteiger partial charge < -0.3 is 15.2 Å². The van der Waals surface area contributed by atoms with Gasteiger partial charge in [-0.25, -0.2) is 4.39 Å². The number of alkyl halides is 1. The normalized spacial score (nSPS) is 28.7. The highest BCUT2D eigenvalue weighted by molar-refractivity contribution is 4.86. The van der Waals surface area contributed by atoms with Gasteiger partial charge in [-0.15, -0.1) is 0 Å². The van der Waals surface area contributed by atoms with Crippen molar-refractivity contribution in [2.24, 2.45) is 0 Å². The number of hydrogen-bond acceptors (Lipinski definition) is 4. The van der Waals surface area contributed by atoms with Crippen LogP contribution in [0.4, 0.5) is 4.39 Å². The summed E-state index contributed by atoms with van der Waals surface area (Å²) in [6.45, 7) is 10.5. The van der Waals surface area contributed by atoms with Gasteiger partial charge in [-0.05, 0) is 27.2 Å². The molecular weight excluding hydrogens is 235 g/mol. The predicted molar refractivity (Wildman–Crippen MR) is 70.0 cm³/mol. The summed E-state index contributed by atoms with van der Waals surface area (Å²) in [4.78, 5) is 1.65. The van der Waals surface area contributed by atoms with Crippen LogP contribution in [0.5, 0.6) is 0 Å². The van der Waals surface area contributed by atoms with E-state index in [1.807, 2.05) is 34.6 Å². The van der Waals surface area contributed by atoms with Crippen molar-refractivity contribution in [3.63, 3.8) is 0 Å². The van der Waals surface area contributed by atoms with Crippen molar-refractivity contribution in [1.82, 2.24) is 10.2 Å². The van der Waals surface area contributed by atoms with Gasteiger partial charge in [0.2, 0.25) is 6.41 Å². The molecule has 1 fully saturated rings. The molecule has 0 spiro atoms. The molecule has 1 aliphatic rings. The fourth-order valence-electron chi connectivity index (χ4n) is 2.14. The Bertz CT molecular complexity index is 256. The Morgan fingerprint density at radius 1 is 1.39 bits per heavy atom. The maximum atomic E-state index is 14.0. The lowest BCUT2D eigenvalue weighted by atomic mass is 10.0. The molecule has 1 saturated heterocycles. The summed E-state index contributed by atoms with van der Waals surface area (Å²) in [6.07, 6.45) is -1.31. The number of aliphatic hydroxyl groups excluding tert-OH is 1. The maximum Gasteiger partial charge on any atom is 0.216 e. The third-order valence-corrected chi connectivity index (χ3v) is 2.89. The van der Waals surface area contributed by atoms with Crippen LogP contribution in [0, 0.1) is 0 Å². The van der Waals surface area contributed by atoms with E-state index >= 15 is 0 Å². The number of halogens is 1. The first-order chi connectivity index (χ1) is 8.19. The fourth-order valence-corrected chi connectivity index (χ4v) is 2.14. The molecule has 0 amide bonds. The lowest BCUT2D eigenvalue weighted by molar-refractivity contribution is -0.246. The molecule has 108 valence electrons. The Hall–Kier alpha value is -0.230. The van der Waals surface area contributed by atoms with Crippen molar-refractivity contribution in [3.05, 3.63) is 0 Å². The van der Waals surface area contributed by atoms with Crippen LogP contribution in [0.25, 0.3) is 0 Å². The average molecular weight is 262 g/mol. The zero-order valence-electron chi connectivity index (χ0n) is 12.1. The second kappa shape index (κ2) is 6.28. The third kappa shape index (κ3) is 5.18. The minimum atomic E-state index is -1.02. The Morgan fingerprint density at radius 2 is 2.00 bits per heavy atom. The molecule has 2 N–H and O–H groups in total. The first kappa shape index (κ1) is 15.8. The van der Waals surface area contributed by atoms with E-state index in [1.54, 1.807) is 4.90 Å². The smallest absolute Gasteiger partial charge is 0.216 e. The highest BCUT2D eigenvalue weighted by atomic mass is 19.1. The second-order valence-corrected chi connectivity index (χ2v) is 6.28. The van der Waals surface area contributed by atoms with Crippen LogP contribution in [0.15, 0.2) is 0 Å². The summed E-state index contributed by atoms with van der Waals surface area (Å²) in [5, 5.41) is 13.1. The zero-order valence-corrected chi connectivity index (χ0v) is 12.1. The average Bonchev–Trinajstić information content (AvgIpc) is 2.17. The van der Waals surface area contributed by atoms with Crippen LogP contribution in [0.2, 0.25) is 0 Å². The molecular formula is C13H27FN2O2. The highest BCUT2D eigenvalue weighted by Gasteiger charge is 2.33. The number of piperidine rings is 1. The molecule has 0 radical (unpaired) electrons. The van der Waals surface area contributed by atoms with Crippen LogP contribution in [0.1, 0.15) is 41.0 Å². The Balaban J connectivity index is 2.45. The first-order valence-corrected chi connectivity index (χ1v) is 6.69. The van der Waals surface area contributed by atoms with Gasteiger partial charge in [0.05, 0.1) is 5.60 Å². The largest absolute Gasteiger partial charge is 0.356 e. The van der Waals surface area contributed by atoms with Gasteiger partial charge in [0.1, 0.15) is 6.17 Å². The topological polar surface area (TPSA) is 44.7 Å². The van der Waals surface area contributed by atoms with Crippen LogP contribution < -0.4 is 5.32 Å². The van der Waals surface area contributed by atoms with E-state index in [2.05, 4.69) is 5.32 Å². The minimum absolute atomic E-state index is 0.122. The number of nitrogens with one attached hydrogen (secondary N) is 1. The summed E-state index contributed by atoms with van der Waals surface area (Å²) >= 11 is 0. The Kier molecular flexibility index (Phi) is 5.52. The quantitative estimate of drug-likeness (QED) is 0.754. The molecule has 0 bridgehead atoms. The molecule has 0 aromatic carbocycles. The van der Waals surface area contributed by atoms with Gasteiger partial charge in [0.15, 0.2) is 0 Å². The minimum Gasteiger partial charge on any atom is -0.356 e. The molecule has 1 rings (SSSR count). The monoisotopic (exact) mass is 262 g/mol. The molecule has 5 heteroatoms. The summed E-state index contributed by atoms with van der Waals surface area (Å²) in [5.41, 5.74) is -0.432. The number of likely N-dealkylation sites (tertiary alicyclic amines) is 1. The maximum absolute atomic E-state index is 14.0. The molecule has 1 aliphatic heterocycles. The van der Waals surface area contributed by atoms with Gasteiger partial charge in [0, 0.05) is 25.2 Å². The van der Waals surface area contributed by atoms with Crippen molar-refractivity contribution >= 4 is 0 Å². The van der Waals surface area contributed by atoms with E-state index in [-0.39, 0.29) is 18.6 Å². The molecule has 3 atom stereocenters. The summed E-state index contributed by atoms with van der Waals surface area (Å²) in [6, 6.07) is 0.152.